The number of hydrogen-bond donors (Lipinski definition) is 2. The molecule has 4 nitrogen and oxygen atoms in total. The molecule has 1 rings (SSSR count). The van der Waals surface area contributed by atoms with Crippen LogP contribution in [0.3, 0.4) is 0 Å². The first kappa shape index (κ1) is 13.1. The summed E-state index contributed by atoms with van der Waals surface area (Å²) in [5.41, 5.74) is 5.76. The number of nitrogens with zero attached hydrogens (tertiary/aromatic N) is 1. The smallest absolute Gasteiger partial charge is 0.242 e. The van der Waals surface area contributed by atoms with Crippen molar-refractivity contribution < 1.29 is 4.79 Å². The van der Waals surface area contributed by atoms with Crippen LogP contribution in [-0.2, 0) is 4.79 Å². The van der Waals surface area contributed by atoms with E-state index >= 15 is 0 Å². The molecule has 0 fully saturated rings. The van der Waals surface area contributed by atoms with Gasteiger partial charge in [-0.1, -0.05) is 13.8 Å². The lowest BCUT2D eigenvalue weighted by molar-refractivity contribution is -0.117. The zero-order valence-corrected chi connectivity index (χ0v) is 11.0. The van der Waals surface area contributed by atoms with Crippen LogP contribution >= 0.6 is 15.9 Å². The molecule has 0 saturated carbocycles. The van der Waals surface area contributed by atoms with E-state index in [0.717, 1.165) is 4.47 Å². The molecular formula is C11H16BrN3O. The van der Waals surface area contributed by atoms with E-state index < -0.39 is 6.04 Å². The van der Waals surface area contributed by atoms with Crippen molar-refractivity contribution in [3.63, 3.8) is 0 Å². The second-order valence-corrected chi connectivity index (χ2v) is 4.91. The minimum Gasteiger partial charge on any atom is -0.320 e. The van der Waals surface area contributed by atoms with Gasteiger partial charge in [0.25, 0.3) is 0 Å². The highest BCUT2D eigenvalue weighted by atomic mass is 79.9. The van der Waals surface area contributed by atoms with Crippen molar-refractivity contribution in [2.75, 3.05) is 5.32 Å². The van der Waals surface area contributed by atoms with E-state index in [9.17, 15) is 4.79 Å². The van der Waals surface area contributed by atoms with Gasteiger partial charge in [0, 0.05) is 6.20 Å². The van der Waals surface area contributed by atoms with Crippen molar-refractivity contribution in [3.05, 3.63) is 22.8 Å². The van der Waals surface area contributed by atoms with Gasteiger partial charge >= 0.3 is 0 Å². The Bertz CT molecular complexity index is 368. The summed E-state index contributed by atoms with van der Waals surface area (Å²) in [5.74, 6) is 0.702. The van der Waals surface area contributed by atoms with Crippen LogP contribution in [0.2, 0.25) is 0 Å². The molecule has 5 heteroatoms. The Kier molecular flexibility index (Phi) is 4.89. The molecule has 16 heavy (non-hydrogen) atoms. The summed E-state index contributed by atoms with van der Waals surface area (Å²) in [6.45, 7) is 4.06. The summed E-state index contributed by atoms with van der Waals surface area (Å²) in [7, 11) is 0. The van der Waals surface area contributed by atoms with Crippen molar-refractivity contribution in [2.24, 2.45) is 11.7 Å². The summed E-state index contributed by atoms with van der Waals surface area (Å²) < 4.78 is 0.750. The highest BCUT2D eigenvalue weighted by molar-refractivity contribution is 9.10. The predicted molar refractivity (Wildman–Crippen MR) is 68.0 cm³/mol. The van der Waals surface area contributed by atoms with Crippen molar-refractivity contribution in [1.82, 2.24) is 4.98 Å². The van der Waals surface area contributed by atoms with E-state index in [1.165, 1.54) is 0 Å². The highest BCUT2D eigenvalue weighted by Gasteiger charge is 2.16. The number of nitrogens with one attached hydrogen (secondary N) is 1. The molecule has 0 aromatic carbocycles. The Morgan fingerprint density at radius 3 is 2.88 bits per heavy atom. The Labute approximate surface area is 104 Å². The van der Waals surface area contributed by atoms with Crippen molar-refractivity contribution in [1.29, 1.82) is 0 Å². The second kappa shape index (κ2) is 5.96. The largest absolute Gasteiger partial charge is 0.320 e. The number of anilines is 1. The minimum absolute atomic E-state index is 0.201. The standard InChI is InChI=1S/C11H16BrN3O/c1-7(2)6-9(13)11(16)15-10-8(12)4-3-5-14-10/h3-5,7,9H,6,13H2,1-2H3,(H,14,15,16)/t9-/m1/s1. The predicted octanol–water partition coefficient (Wildman–Crippen LogP) is 2.16. The van der Waals surface area contributed by atoms with E-state index in [1.54, 1.807) is 12.3 Å². The third kappa shape index (κ3) is 3.90. The number of carbonyl (C=O) groups excluding carboxylic acids is 1. The average Bonchev–Trinajstić information content (AvgIpc) is 2.20. The lowest BCUT2D eigenvalue weighted by Gasteiger charge is -2.14. The van der Waals surface area contributed by atoms with Gasteiger partial charge < -0.3 is 11.1 Å². The van der Waals surface area contributed by atoms with Gasteiger partial charge in [0.2, 0.25) is 5.91 Å². The van der Waals surface area contributed by atoms with Gasteiger partial charge in [0.05, 0.1) is 10.5 Å². The average molecular weight is 286 g/mol. The van der Waals surface area contributed by atoms with Crippen LogP contribution in [0, 0.1) is 5.92 Å². The fourth-order valence-corrected chi connectivity index (χ4v) is 1.66. The number of aromatic nitrogens is 1. The zero-order chi connectivity index (χ0) is 12.1. The molecule has 1 aromatic rings. The number of amides is 1. The van der Waals surface area contributed by atoms with E-state index in [-0.39, 0.29) is 5.91 Å². The molecule has 0 unspecified atom stereocenters. The number of nitrogens with two attached hydrogens (primary N) is 1. The maximum atomic E-state index is 11.7. The topological polar surface area (TPSA) is 68.0 Å². The minimum atomic E-state index is -0.492. The van der Waals surface area contributed by atoms with E-state index in [4.69, 9.17) is 5.73 Å². The molecule has 0 bridgehead atoms. The normalized spacial score (nSPS) is 12.6. The maximum absolute atomic E-state index is 11.7. The van der Waals surface area contributed by atoms with Gasteiger partial charge in [-0.25, -0.2) is 4.98 Å². The van der Waals surface area contributed by atoms with Gasteiger partial charge in [0.1, 0.15) is 5.82 Å². The molecule has 3 N–H and O–H groups in total. The summed E-state index contributed by atoms with van der Waals surface area (Å²) in [6.07, 6.45) is 2.28. The fraction of sp³-hybridized carbons (Fsp3) is 0.455. The Morgan fingerprint density at radius 1 is 1.62 bits per heavy atom. The molecular weight excluding hydrogens is 270 g/mol. The molecule has 1 aromatic heterocycles. The van der Waals surface area contributed by atoms with Crippen molar-refractivity contribution in [3.8, 4) is 0 Å². The Balaban J connectivity index is 2.61. The van der Waals surface area contributed by atoms with Crippen molar-refractivity contribution in [2.45, 2.75) is 26.3 Å². The van der Waals surface area contributed by atoms with Gasteiger partial charge in [-0.3, -0.25) is 4.79 Å². The third-order valence-corrected chi connectivity index (χ3v) is 2.70. The first-order valence-electron chi connectivity index (χ1n) is 5.17. The molecule has 0 radical (unpaired) electrons. The second-order valence-electron chi connectivity index (χ2n) is 4.06. The summed E-state index contributed by atoms with van der Waals surface area (Å²) in [5, 5.41) is 2.69. The van der Waals surface area contributed by atoms with Crippen LogP contribution in [0.5, 0.6) is 0 Å². The zero-order valence-electron chi connectivity index (χ0n) is 9.40. The van der Waals surface area contributed by atoms with E-state index in [0.29, 0.717) is 18.2 Å². The van der Waals surface area contributed by atoms with Crippen LogP contribution in [0.4, 0.5) is 5.82 Å². The lowest BCUT2D eigenvalue weighted by atomic mass is 10.0. The van der Waals surface area contributed by atoms with Gasteiger partial charge in [-0.2, -0.15) is 0 Å². The lowest BCUT2D eigenvalue weighted by Crippen LogP contribution is -2.36. The first-order chi connectivity index (χ1) is 7.50. The number of carbonyl (C=O) groups is 1. The number of hydrogen-bond acceptors (Lipinski definition) is 3. The Morgan fingerprint density at radius 2 is 2.31 bits per heavy atom. The maximum Gasteiger partial charge on any atom is 0.242 e. The molecule has 0 saturated heterocycles. The molecule has 0 spiro atoms. The molecule has 1 atom stereocenters. The van der Waals surface area contributed by atoms with Crippen molar-refractivity contribution >= 4 is 27.7 Å². The van der Waals surface area contributed by atoms with Crippen LogP contribution in [0.25, 0.3) is 0 Å². The fourth-order valence-electron chi connectivity index (χ4n) is 1.30. The summed E-state index contributed by atoms with van der Waals surface area (Å²) >= 11 is 3.31. The first-order valence-corrected chi connectivity index (χ1v) is 5.97. The van der Waals surface area contributed by atoms with Crippen LogP contribution in [-0.4, -0.2) is 16.9 Å². The highest BCUT2D eigenvalue weighted by Crippen LogP contribution is 2.18. The van der Waals surface area contributed by atoms with Crippen LogP contribution in [0.15, 0.2) is 22.8 Å². The quantitative estimate of drug-likeness (QED) is 0.891. The Hall–Kier alpha value is -0.940. The number of pyridine rings is 1. The number of rotatable bonds is 4. The van der Waals surface area contributed by atoms with Gasteiger partial charge in [0.15, 0.2) is 0 Å². The molecule has 0 aliphatic heterocycles. The summed E-state index contributed by atoms with van der Waals surface area (Å²) in [4.78, 5) is 15.7. The number of halogens is 1. The van der Waals surface area contributed by atoms with Gasteiger partial charge in [-0.15, -0.1) is 0 Å². The third-order valence-electron chi connectivity index (χ3n) is 2.06. The van der Waals surface area contributed by atoms with E-state index in [2.05, 4.69) is 26.2 Å². The van der Waals surface area contributed by atoms with Crippen LogP contribution < -0.4 is 11.1 Å². The van der Waals surface area contributed by atoms with Gasteiger partial charge in [-0.05, 0) is 40.4 Å². The molecule has 0 aliphatic rings. The monoisotopic (exact) mass is 285 g/mol. The molecule has 1 heterocycles. The molecule has 1 amide bonds. The molecule has 88 valence electrons. The van der Waals surface area contributed by atoms with E-state index in [1.807, 2.05) is 19.9 Å². The van der Waals surface area contributed by atoms with Crippen LogP contribution in [0.1, 0.15) is 20.3 Å². The summed E-state index contributed by atoms with van der Waals surface area (Å²) in [6, 6.07) is 3.11. The SMILES string of the molecule is CC(C)C[C@@H](N)C(=O)Nc1ncccc1Br. The molecule has 0 aliphatic carbocycles.